The third kappa shape index (κ3) is 3.12. The number of piperidine rings is 1. The molecule has 1 aromatic carbocycles. The first-order chi connectivity index (χ1) is 11.2. The van der Waals surface area contributed by atoms with Crippen LogP contribution < -0.4 is 10.6 Å². The average molecular weight is 331 g/mol. The molecule has 5 nitrogen and oxygen atoms in total. The molecule has 6 heteroatoms. The first-order valence-electron chi connectivity index (χ1n) is 8.05. The summed E-state index contributed by atoms with van der Waals surface area (Å²) in [6.45, 7) is 0. The van der Waals surface area contributed by atoms with Gasteiger partial charge < -0.3 is 10.6 Å². The third-order valence-corrected chi connectivity index (χ3v) is 4.96. The van der Waals surface area contributed by atoms with Crippen molar-refractivity contribution < 1.29 is 4.79 Å². The van der Waals surface area contributed by atoms with E-state index in [1.807, 2.05) is 24.3 Å². The summed E-state index contributed by atoms with van der Waals surface area (Å²) in [7, 11) is 0. The van der Waals surface area contributed by atoms with Crippen molar-refractivity contribution in [3.8, 4) is 5.69 Å². The standard InChI is InChI=1S/C17H19ClN4O/c18-12-2-1-3-16(6-12)22-10-11(9-19-22)17(23)21-15-7-13-4-5-14(8-15)20-13/h1-3,6,9-10,13-15,20H,4-5,7-8H2,(H,21,23). The smallest absolute Gasteiger partial charge is 0.254 e. The normalized spacial score (nSPS) is 26.2. The van der Waals surface area contributed by atoms with Gasteiger partial charge in [-0.3, -0.25) is 4.79 Å². The number of fused-ring (bicyclic) bond motifs is 2. The molecule has 2 aliphatic heterocycles. The fraction of sp³-hybridized carbons (Fsp3) is 0.412. The number of carbonyl (C=O) groups excluding carboxylic acids is 1. The van der Waals surface area contributed by atoms with Crippen LogP contribution in [-0.4, -0.2) is 33.8 Å². The summed E-state index contributed by atoms with van der Waals surface area (Å²) in [6, 6.07) is 8.79. The number of benzene rings is 1. The van der Waals surface area contributed by atoms with E-state index in [-0.39, 0.29) is 11.9 Å². The van der Waals surface area contributed by atoms with Crippen LogP contribution in [0.15, 0.2) is 36.7 Å². The van der Waals surface area contributed by atoms with Crippen molar-refractivity contribution in [3.63, 3.8) is 0 Å². The molecule has 0 saturated carbocycles. The summed E-state index contributed by atoms with van der Waals surface area (Å²) in [5, 5.41) is 11.7. The molecule has 2 atom stereocenters. The van der Waals surface area contributed by atoms with E-state index in [0.717, 1.165) is 18.5 Å². The first kappa shape index (κ1) is 14.7. The first-order valence-corrected chi connectivity index (χ1v) is 8.43. The summed E-state index contributed by atoms with van der Waals surface area (Å²) in [6.07, 6.45) is 7.84. The maximum atomic E-state index is 12.4. The van der Waals surface area contributed by atoms with E-state index in [0.29, 0.717) is 22.7 Å². The lowest BCUT2D eigenvalue weighted by molar-refractivity contribution is 0.0924. The van der Waals surface area contributed by atoms with Gasteiger partial charge in [-0.25, -0.2) is 4.68 Å². The van der Waals surface area contributed by atoms with E-state index < -0.39 is 0 Å². The van der Waals surface area contributed by atoms with E-state index in [2.05, 4.69) is 15.7 Å². The lowest BCUT2D eigenvalue weighted by Crippen LogP contribution is -2.47. The molecule has 2 N–H and O–H groups in total. The lowest BCUT2D eigenvalue weighted by atomic mass is 9.99. The largest absolute Gasteiger partial charge is 0.349 e. The highest BCUT2D eigenvalue weighted by Crippen LogP contribution is 2.27. The Morgan fingerprint density at radius 2 is 2.09 bits per heavy atom. The maximum absolute atomic E-state index is 12.4. The van der Waals surface area contributed by atoms with Crippen molar-refractivity contribution in [2.75, 3.05) is 0 Å². The highest BCUT2D eigenvalue weighted by Gasteiger charge is 2.34. The number of carbonyl (C=O) groups is 1. The number of halogens is 1. The van der Waals surface area contributed by atoms with Gasteiger partial charge in [0.05, 0.1) is 17.4 Å². The number of nitrogens with one attached hydrogen (secondary N) is 2. The highest BCUT2D eigenvalue weighted by atomic mass is 35.5. The van der Waals surface area contributed by atoms with Gasteiger partial charge in [-0.1, -0.05) is 17.7 Å². The Labute approximate surface area is 140 Å². The van der Waals surface area contributed by atoms with Crippen molar-refractivity contribution in [1.82, 2.24) is 20.4 Å². The molecule has 2 fully saturated rings. The summed E-state index contributed by atoms with van der Waals surface area (Å²) in [4.78, 5) is 12.4. The zero-order chi connectivity index (χ0) is 15.8. The van der Waals surface area contributed by atoms with E-state index in [1.165, 1.54) is 12.8 Å². The van der Waals surface area contributed by atoms with Gasteiger partial charge in [-0.15, -0.1) is 0 Å². The number of aromatic nitrogens is 2. The second-order valence-electron chi connectivity index (χ2n) is 6.43. The third-order valence-electron chi connectivity index (χ3n) is 4.73. The molecule has 0 radical (unpaired) electrons. The molecule has 2 saturated heterocycles. The van der Waals surface area contributed by atoms with Gasteiger partial charge in [0.25, 0.3) is 5.91 Å². The van der Waals surface area contributed by atoms with Crippen molar-refractivity contribution in [1.29, 1.82) is 0 Å². The van der Waals surface area contributed by atoms with Gasteiger partial charge in [-0.05, 0) is 43.9 Å². The second kappa shape index (κ2) is 5.98. The fourth-order valence-electron chi connectivity index (χ4n) is 3.64. The van der Waals surface area contributed by atoms with E-state index in [1.54, 1.807) is 17.1 Å². The van der Waals surface area contributed by atoms with Crippen LogP contribution in [0.5, 0.6) is 0 Å². The summed E-state index contributed by atoms with van der Waals surface area (Å²) in [5.41, 5.74) is 1.42. The Kier molecular flexibility index (Phi) is 3.83. The van der Waals surface area contributed by atoms with Gasteiger partial charge in [-0.2, -0.15) is 5.10 Å². The number of rotatable bonds is 3. The molecule has 2 bridgehead atoms. The molecule has 1 amide bonds. The fourth-order valence-corrected chi connectivity index (χ4v) is 3.83. The monoisotopic (exact) mass is 330 g/mol. The zero-order valence-corrected chi connectivity index (χ0v) is 13.5. The molecule has 0 aliphatic carbocycles. The SMILES string of the molecule is O=C(NC1CC2CCC(C1)N2)c1cnn(-c2cccc(Cl)c2)c1. The molecule has 120 valence electrons. The minimum absolute atomic E-state index is 0.0513. The highest BCUT2D eigenvalue weighted by molar-refractivity contribution is 6.30. The van der Waals surface area contributed by atoms with Crippen LogP contribution in [0.3, 0.4) is 0 Å². The Bertz CT molecular complexity index is 717. The van der Waals surface area contributed by atoms with Gasteiger partial charge in [0.2, 0.25) is 0 Å². The van der Waals surface area contributed by atoms with E-state index in [4.69, 9.17) is 11.6 Å². The molecule has 2 aromatic rings. The summed E-state index contributed by atoms with van der Waals surface area (Å²) in [5.74, 6) is -0.0513. The number of hydrogen-bond donors (Lipinski definition) is 2. The summed E-state index contributed by atoms with van der Waals surface area (Å²) >= 11 is 6.00. The molecule has 23 heavy (non-hydrogen) atoms. The van der Waals surface area contributed by atoms with Crippen molar-refractivity contribution in [2.45, 2.75) is 43.8 Å². The number of amides is 1. The molecule has 2 unspecified atom stereocenters. The van der Waals surface area contributed by atoms with Gasteiger partial charge in [0.1, 0.15) is 0 Å². The Morgan fingerprint density at radius 3 is 2.83 bits per heavy atom. The predicted octanol–water partition coefficient (Wildman–Crippen LogP) is 2.54. The van der Waals surface area contributed by atoms with Crippen LogP contribution >= 0.6 is 11.6 Å². The molecule has 0 spiro atoms. The van der Waals surface area contributed by atoms with Crippen molar-refractivity contribution in [2.24, 2.45) is 0 Å². The van der Waals surface area contributed by atoms with Crippen molar-refractivity contribution >= 4 is 17.5 Å². The molecular formula is C17H19ClN4O. The lowest BCUT2D eigenvalue weighted by Gasteiger charge is -2.29. The maximum Gasteiger partial charge on any atom is 0.254 e. The van der Waals surface area contributed by atoms with Crippen LogP contribution in [-0.2, 0) is 0 Å². The molecule has 3 heterocycles. The molecule has 4 rings (SSSR count). The van der Waals surface area contributed by atoms with Gasteiger partial charge >= 0.3 is 0 Å². The summed E-state index contributed by atoms with van der Waals surface area (Å²) < 4.78 is 1.67. The Morgan fingerprint density at radius 1 is 1.30 bits per heavy atom. The molecular weight excluding hydrogens is 312 g/mol. The number of hydrogen-bond acceptors (Lipinski definition) is 3. The van der Waals surface area contributed by atoms with Gasteiger partial charge in [0.15, 0.2) is 0 Å². The van der Waals surface area contributed by atoms with E-state index in [9.17, 15) is 4.79 Å². The molecule has 2 aliphatic rings. The quantitative estimate of drug-likeness (QED) is 0.909. The van der Waals surface area contributed by atoms with Crippen LogP contribution in [0.4, 0.5) is 0 Å². The Balaban J connectivity index is 1.45. The predicted molar refractivity (Wildman–Crippen MR) is 89.0 cm³/mol. The molecule has 1 aromatic heterocycles. The van der Waals surface area contributed by atoms with Crippen LogP contribution in [0, 0.1) is 0 Å². The average Bonchev–Trinajstić information content (AvgIpc) is 3.14. The minimum atomic E-state index is -0.0513. The zero-order valence-electron chi connectivity index (χ0n) is 12.7. The van der Waals surface area contributed by atoms with Crippen LogP contribution in [0.25, 0.3) is 5.69 Å². The topological polar surface area (TPSA) is 59.0 Å². The minimum Gasteiger partial charge on any atom is -0.349 e. The van der Waals surface area contributed by atoms with Crippen LogP contribution in [0.1, 0.15) is 36.0 Å². The Hall–Kier alpha value is -1.85. The second-order valence-corrected chi connectivity index (χ2v) is 6.87. The van der Waals surface area contributed by atoms with Crippen LogP contribution in [0.2, 0.25) is 5.02 Å². The van der Waals surface area contributed by atoms with Crippen molar-refractivity contribution in [3.05, 3.63) is 47.2 Å². The van der Waals surface area contributed by atoms with E-state index >= 15 is 0 Å². The van der Waals surface area contributed by atoms with Gasteiger partial charge in [0, 0.05) is 29.3 Å². The number of nitrogens with zero attached hydrogens (tertiary/aromatic N) is 2.